The summed E-state index contributed by atoms with van der Waals surface area (Å²) in [5.74, 6) is -45.8. The minimum Gasteiger partial charge on any atom is -0.465 e. The molecule has 1 heterocycles. The molecule has 1 rings (SSSR count). The summed E-state index contributed by atoms with van der Waals surface area (Å²) < 4.78 is 180. The Bertz CT molecular complexity index is 1050. The van der Waals surface area contributed by atoms with E-state index in [-0.39, 0.29) is 11.3 Å². The maximum absolute atomic E-state index is 14.0. The molecule has 36 heavy (non-hydrogen) atoms. The van der Waals surface area contributed by atoms with Crippen molar-refractivity contribution in [3.8, 4) is 0 Å². The number of alkyl halides is 13. The summed E-state index contributed by atoms with van der Waals surface area (Å²) in [4.78, 5) is 34.6. The van der Waals surface area contributed by atoms with Gasteiger partial charge in [0.2, 0.25) is 0 Å². The van der Waals surface area contributed by atoms with E-state index in [0.717, 1.165) is 19.4 Å². The van der Waals surface area contributed by atoms with Crippen molar-refractivity contribution in [2.75, 3.05) is 19.5 Å². The van der Waals surface area contributed by atoms with Crippen molar-refractivity contribution in [2.45, 2.75) is 42.7 Å². The first-order valence-corrected chi connectivity index (χ1v) is 9.27. The smallest absolute Gasteiger partial charge is 0.460 e. The van der Waals surface area contributed by atoms with Crippen molar-refractivity contribution in [1.29, 1.82) is 0 Å². The number of hydrogen-bond donors (Lipinski definition) is 1. The van der Waals surface area contributed by atoms with Gasteiger partial charge in [-0.1, -0.05) is 0 Å². The molecule has 206 valence electrons. The van der Waals surface area contributed by atoms with E-state index in [4.69, 9.17) is 0 Å². The van der Waals surface area contributed by atoms with Crippen LogP contribution >= 0.6 is 11.3 Å². The maximum Gasteiger partial charge on any atom is 0.460 e. The molecule has 0 radical (unpaired) electrons. The van der Waals surface area contributed by atoms with Crippen LogP contribution in [0.3, 0.4) is 0 Å². The standard InChI is InChI=1S/C16H10F13NO5S/c1-4-5(8(31)34-2)7(36-6(4)9(32)35-3)30-10(33)11(17,18)12(19,20)13(21,22)14(23,24)15(25,26)16(27,28)29/h1-3H3,(H,30,33). The summed E-state index contributed by atoms with van der Waals surface area (Å²) in [6, 6.07) is 0. The van der Waals surface area contributed by atoms with Crippen LogP contribution in [0.2, 0.25) is 0 Å². The van der Waals surface area contributed by atoms with Gasteiger partial charge in [0.05, 0.1) is 19.8 Å². The molecule has 0 fully saturated rings. The minimum absolute atomic E-state index is 0.152. The van der Waals surface area contributed by atoms with Crippen LogP contribution in [-0.2, 0) is 14.3 Å². The van der Waals surface area contributed by atoms with Gasteiger partial charge in [0, 0.05) is 0 Å². The van der Waals surface area contributed by atoms with Gasteiger partial charge in [0.25, 0.3) is 0 Å². The van der Waals surface area contributed by atoms with Gasteiger partial charge >= 0.3 is 53.6 Å². The second kappa shape index (κ2) is 9.25. The molecule has 0 spiro atoms. The van der Waals surface area contributed by atoms with Gasteiger partial charge in [0.1, 0.15) is 9.88 Å². The van der Waals surface area contributed by atoms with E-state index >= 15 is 0 Å². The third-order valence-corrected chi connectivity index (χ3v) is 5.54. The van der Waals surface area contributed by atoms with Crippen molar-refractivity contribution >= 4 is 34.2 Å². The monoisotopic (exact) mass is 575 g/mol. The van der Waals surface area contributed by atoms with E-state index in [1.54, 1.807) is 0 Å². The number of thiophene rings is 1. The Hall–Kier alpha value is -2.80. The molecule has 1 amide bonds. The summed E-state index contributed by atoms with van der Waals surface area (Å²) in [6.07, 6.45) is -7.61. The van der Waals surface area contributed by atoms with Crippen LogP contribution in [0.25, 0.3) is 0 Å². The number of carbonyl (C=O) groups is 3. The number of amides is 1. The molecule has 6 nitrogen and oxygen atoms in total. The molecule has 0 saturated heterocycles. The topological polar surface area (TPSA) is 81.7 Å². The molecule has 0 aliphatic rings. The summed E-state index contributed by atoms with van der Waals surface area (Å²) in [6.45, 7) is 0.908. The lowest BCUT2D eigenvalue weighted by atomic mass is 9.93. The zero-order chi connectivity index (χ0) is 28.9. The molecule has 1 N–H and O–H groups in total. The first kappa shape index (κ1) is 31.2. The average Bonchev–Trinajstić information content (AvgIpc) is 3.06. The normalized spacial score (nSPS) is 13.9. The van der Waals surface area contributed by atoms with E-state index in [2.05, 4.69) is 9.47 Å². The Labute approximate surface area is 194 Å². The minimum atomic E-state index is -8.19. The zero-order valence-corrected chi connectivity index (χ0v) is 18.2. The van der Waals surface area contributed by atoms with Crippen LogP contribution in [0.1, 0.15) is 25.6 Å². The fourth-order valence-corrected chi connectivity index (χ4v) is 3.44. The third kappa shape index (κ3) is 4.42. The quantitative estimate of drug-likeness (QED) is 0.336. The molecule has 0 unspecified atom stereocenters. The van der Waals surface area contributed by atoms with Crippen LogP contribution in [0.5, 0.6) is 0 Å². The lowest BCUT2D eigenvalue weighted by Gasteiger charge is -2.39. The largest absolute Gasteiger partial charge is 0.465 e. The number of carbonyl (C=O) groups excluding carboxylic acids is 3. The van der Waals surface area contributed by atoms with Crippen molar-refractivity contribution in [3.63, 3.8) is 0 Å². The summed E-state index contributed by atoms with van der Waals surface area (Å²) >= 11 is -0.152. The molecule has 0 aliphatic carbocycles. The molecule has 20 heteroatoms. The number of halogens is 13. The Kier molecular flexibility index (Phi) is 8.03. The Morgan fingerprint density at radius 2 is 1.11 bits per heavy atom. The number of ether oxygens (including phenoxy) is 2. The van der Waals surface area contributed by atoms with E-state index in [1.807, 2.05) is 0 Å². The first-order valence-electron chi connectivity index (χ1n) is 8.45. The van der Waals surface area contributed by atoms with Gasteiger partial charge in [-0.05, 0) is 12.5 Å². The van der Waals surface area contributed by atoms with E-state index < -0.39 is 74.6 Å². The van der Waals surface area contributed by atoms with Gasteiger partial charge in [-0.2, -0.15) is 57.1 Å². The van der Waals surface area contributed by atoms with Crippen molar-refractivity contribution < 1.29 is 80.9 Å². The van der Waals surface area contributed by atoms with E-state index in [9.17, 15) is 71.5 Å². The fraction of sp³-hybridized carbons (Fsp3) is 0.562. The van der Waals surface area contributed by atoms with Gasteiger partial charge in [-0.3, -0.25) is 4.79 Å². The number of esters is 2. The predicted molar refractivity (Wildman–Crippen MR) is 91.2 cm³/mol. The Morgan fingerprint density at radius 3 is 1.50 bits per heavy atom. The van der Waals surface area contributed by atoms with E-state index in [1.165, 1.54) is 0 Å². The highest BCUT2D eigenvalue weighted by atomic mass is 32.1. The molecule has 1 aromatic heterocycles. The van der Waals surface area contributed by atoms with Gasteiger partial charge in [-0.15, -0.1) is 11.3 Å². The highest BCUT2D eigenvalue weighted by Gasteiger charge is 2.91. The molecular weight excluding hydrogens is 565 g/mol. The third-order valence-electron chi connectivity index (χ3n) is 4.35. The highest BCUT2D eigenvalue weighted by molar-refractivity contribution is 7.18. The van der Waals surface area contributed by atoms with Crippen LogP contribution in [0.15, 0.2) is 0 Å². The van der Waals surface area contributed by atoms with Crippen LogP contribution in [-0.4, -0.2) is 67.9 Å². The zero-order valence-electron chi connectivity index (χ0n) is 17.4. The summed E-state index contributed by atoms with van der Waals surface area (Å²) in [7, 11) is 1.43. The van der Waals surface area contributed by atoms with Crippen LogP contribution in [0, 0.1) is 6.92 Å². The molecule has 0 atom stereocenters. The molecule has 0 saturated carbocycles. The van der Waals surface area contributed by atoms with Crippen LogP contribution in [0.4, 0.5) is 62.1 Å². The second-order valence-electron chi connectivity index (χ2n) is 6.57. The van der Waals surface area contributed by atoms with Gasteiger partial charge in [0.15, 0.2) is 0 Å². The molecular formula is C16H10F13NO5S. The summed E-state index contributed by atoms with van der Waals surface area (Å²) in [5.41, 5.74) is -1.50. The fourth-order valence-electron chi connectivity index (χ4n) is 2.33. The Morgan fingerprint density at radius 1 is 0.694 bits per heavy atom. The van der Waals surface area contributed by atoms with Crippen LogP contribution < -0.4 is 5.32 Å². The number of methoxy groups -OCH3 is 2. The lowest BCUT2D eigenvalue weighted by molar-refractivity contribution is -0.435. The van der Waals surface area contributed by atoms with Crippen molar-refractivity contribution in [3.05, 3.63) is 16.0 Å². The van der Waals surface area contributed by atoms with Crippen molar-refractivity contribution in [2.24, 2.45) is 0 Å². The molecule has 1 aromatic rings. The van der Waals surface area contributed by atoms with Crippen molar-refractivity contribution in [1.82, 2.24) is 0 Å². The number of anilines is 1. The van der Waals surface area contributed by atoms with Gasteiger partial charge < -0.3 is 14.8 Å². The van der Waals surface area contributed by atoms with Gasteiger partial charge in [-0.25, -0.2) is 9.59 Å². The summed E-state index contributed by atoms with van der Waals surface area (Å²) in [5, 5.41) is -0.524. The number of hydrogen-bond acceptors (Lipinski definition) is 6. The number of nitrogens with one attached hydrogen (secondary N) is 1. The SMILES string of the molecule is COC(=O)c1sc(NC(=O)C(F)(F)C(F)(F)C(F)(F)C(F)(F)C(F)(F)C(F)(F)F)c(C(=O)OC)c1C. The number of rotatable bonds is 8. The highest BCUT2D eigenvalue weighted by Crippen LogP contribution is 2.60. The second-order valence-corrected chi connectivity index (χ2v) is 7.59. The first-order chi connectivity index (χ1) is 15.9. The molecule has 0 aliphatic heterocycles. The molecule has 0 bridgehead atoms. The predicted octanol–water partition coefficient (Wildman–Crippen LogP) is 5.31. The Balaban J connectivity index is 3.61. The maximum atomic E-state index is 14.0. The lowest BCUT2D eigenvalue weighted by Crippen LogP contribution is -2.71. The molecule has 0 aromatic carbocycles. The average molecular weight is 575 g/mol. The van der Waals surface area contributed by atoms with E-state index in [0.29, 0.717) is 7.11 Å².